The van der Waals surface area contributed by atoms with Gasteiger partial charge in [0.2, 0.25) is 0 Å². The summed E-state index contributed by atoms with van der Waals surface area (Å²) in [5.74, 6) is 1.74. The molecule has 0 aliphatic heterocycles. The fourth-order valence-electron chi connectivity index (χ4n) is 2.12. The molecular weight excluding hydrogens is 170 g/mol. The first-order valence-corrected chi connectivity index (χ1v) is 6.26. The van der Waals surface area contributed by atoms with Crippen molar-refractivity contribution in [3.05, 3.63) is 0 Å². The second kappa shape index (κ2) is 7.28. The predicted molar refractivity (Wildman–Crippen MR) is 65.6 cm³/mol. The van der Waals surface area contributed by atoms with E-state index in [1.165, 1.54) is 25.9 Å². The minimum absolute atomic E-state index is 0.699. The van der Waals surface area contributed by atoms with Gasteiger partial charge in [0.1, 0.15) is 0 Å². The largest absolute Gasteiger partial charge is 0.301 e. The average Bonchev–Trinajstić information content (AvgIpc) is 2.11. The number of hydrogen-bond donors (Lipinski definition) is 0. The Kier molecular flexibility index (Phi) is 7.26. The Morgan fingerprint density at radius 1 is 1.00 bits per heavy atom. The van der Waals surface area contributed by atoms with Crippen LogP contribution in [0.4, 0.5) is 0 Å². The van der Waals surface area contributed by atoms with Crippen LogP contribution < -0.4 is 0 Å². The molecule has 1 atom stereocenters. The highest BCUT2D eigenvalue weighted by atomic mass is 15.1. The molecule has 1 nitrogen and oxygen atoms in total. The Bertz CT molecular complexity index is 113. The molecule has 1 unspecified atom stereocenters. The van der Waals surface area contributed by atoms with Gasteiger partial charge in [0.15, 0.2) is 0 Å². The van der Waals surface area contributed by atoms with E-state index in [2.05, 4.69) is 46.4 Å². The molecule has 0 heterocycles. The van der Waals surface area contributed by atoms with Crippen LogP contribution in [0.2, 0.25) is 0 Å². The third-order valence-electron chi connectivity index (χ3n) is 3.39. The molecule has 0 radical (unpaired) electrons. The van der Waals surface area contributed by atoms with E-state index >= 15 is 0 Å². The van der Waals surface area contributed by atoms with Gasteiger partial charge in [-0.1, -0.05) is 34.1 Å². The average molecular weight is 199 g/mol. The third kappa shape index (κ3) is 4.99. The fraction of sp³-hybridized carbons (Fsp3) is 1.00. The van der Waals surface area contributed by atoms with E-state index in [0.29, 0.717) is 6.04 Å². The Labute approximate surface area is 90.9 Å². The van der Waals surface area contributed by atoms with Crippen molar-refractivity contribution in [3.63, 3.8) is 0 Å². The van der Waals surface area contributed by atoms with Gasteiger partial charge in [0.25, 0.3) is 0 Å². The molecule has 0 aromatic carbocycles. The molecule has 0 aromatic heterocycles. The van der Waals surface area contributed by atoms with Crippen LogP contribution in [-0.4, -0.2) is 24.0 Å². The van der Waals surface area contributed by atoms with Gasteiger partial charge >= 0.3 is 0 Å². The highest BCUT2D eigenvalue weighted by Crippen LogP contribution is 2.19. The van der Waals surface area contributed by atoms with Gasteiger partial charge in [0, 0.05) is 6.04 Å². The van der Waals surface area contributed by atoms with E-state index in [1.54, 1.807) is 0 Å². The molecule has 14 heavy (non-hydrogen) atoms. The van der Waals surface area contributed by atoms with Gasteiger partial charge < -0.3 is 4.90 Å². The molecule has 0 aromatic rings. The Balaban J connectivity index is 3.88. The molecule has 0 rings (SSSR count). The smallest absolute Gasteiger partial charge is 0.00384 e. The highest BCUT2D eigenvalue weighted by Gasteiger charge is 2.13. The summed E-state index contributed by atoms with van der Waals surface area (Å²) in [4.78, 5) is 2.56. The molecular formula is C13H29N. The van der Waals surface area contributed by atoms with Crippen LogP contribution in [-0.2, 0) is 0 Å². The number of hydrogen-bond acceptors (Lipinski definition) is 1. The first kappa shape index (κ1) is 14.0. The monoisotopic (exact) mass is 199 g/mol. The fourth-order valence-corrected chi connectivity index (χ4v) is 2.12. The van der Waals surface area contributed by atoms with Crippen molar-refractivity contribution in [1.82, 2.24) is 4.90 Å². The molecule has 86 valence electrons. The van der Waals surface area contributed by atoms with Crippen LogP contribution in [0.1, 0.15) is 54.4 Å². The molecule has 0 amide bonds. The third-order valence-corrected chi connectivity index (χ3v) is 3.39. The molecule has 1 heteroatoms. The van der Waals surface area contributed by atoms with Crippen molar-refractivity contribution in [3.8, 4) is 0 Å². The first-order chi connectivity index (χ1) is 6.52. The summed E-state index contributed by atoms with van der Waals surface area (Å²) < 4.78 is 0. The highest BCUT2D eigenvalue weighted by molar-refractivity contribution is 4.67. The summed E-state index contributed by atoms with van der Waals surface area (Å²) in [5, 5.41) is 0. The Morgan fingerprint density at radius 3 is 1.86 bits per heavy atom. The zero-order chi connectivity index (χ0) is 11.1. The van der Waals surface area contributed by atoms with E-state index in [0.717, 1.165) is 11.8 Å². The van der Waals surface area contributed by atoms with Crippen molar-refractivity contribution in [2.24, 2.45) is 11.8 Å². The molecule has 0 saturated heterocycles. The minimum atomic E-state index is 0.699. The van der Waals surface area contributed by atoms with Crippen LogP contribution in [0.3, 0.4) is 0 Å². The quantitative estimate of drug-likeness (QED) is 0.603. The van der Waals surface area contributed by atoms with Gasteiger partial charge in [0.05, 0.1) is 0 Å². The second-order valence-electron chi connectivity index (χ2n) is 4.92. The molecule has 0 spiro atoms. The zero-order valence-electron chi connectivity index (χ0n) is 11.0. The Hall–Kier alpha value is -0.0400. The van der Waals surface area contributed by atoms with Crippen LogP contribution in [0.15, 0.2) is 0 Å². The standard InChI is InChI=1S/C13H29N/c1-7-13(11(3)4)9-10-14(8-2)12(5)6/h11-13H,7-10H2,1-6H3. The summed E-state index contributed by atoms with van der Waals surface area (Å²) in [6.45, 7) is 16.3. The maximum absolute atomic E-state index is 2.56. The molecule has 0 saturated carbocycles. The molecule has 0 fully saturated rings. The van der Waals surface area contributed by atoms with Crippen LogP contribution in [0.25, 0.3) is 0 Å². The van der Waals surface area contributed by atoms with Crippen LogP contribution in [0, 0.1) is 11.8 Å². The Morgan fingerprint density at radius 2 is 1.57 bits per heavy atom. The van der Waals surface area contributed by atoms with Crippen LogP contribution >= 0.6 is 0 Å². The zero-order valence-corrected chi connectivity index (χ0v) is 11.0. The van der Waals surface area contributed by atoms with Gasteiger partial charge in [-0.3, -0.25) is 0 Å². The van der Waals surface area contributed by atoms with E-state index in [-0.39, 0.29) is 0 Å². The summed E-state index contributed by atoms with van der Waals surface area (Å²) in [7, 11) is 0. The lowest BCUT2D eigenvalue weighted by Gasteiger charge is -2.28. The van der Waals surface area contributed by atoms with E-state index in [4.69, 9.17) is 0 Å². The van der Waals surface area contributed by atoms with Crippen molar-refractivity contribution in [1.29, 1.82) is 0 Å². The lowest BCUT2D eigenvalue weighted by Crippen LogP contribution is -2.33. The minimum Gasteiger partial charge on any atom is -0.301 e. The SMILES string of the molecule is CCC(CCN(CC)C(C)C)C(C)C. The summed E-state index contributed by atoms with van der Waals surface area (Å²) >= 11 is 0. The lowest BCUT2D eigenvalue weighted by molar-refractivity contribution is 0.201. The maximum atomic E-state index is 2.56. The van der Waals surface area contributed by atoms with Gasteiger partial charge in [-0.15, -0.1) is 0 Å². The lowest BCUT2D eigenvalue weighted by atomic mass is 9.90. The summed E-state index contributed by atoms with van der Waals surface area (Å²) in [5.41, 5.74) is 0. The van der Waals surface area contributed by atoms with Gasteiger partial charge in [-0.25, -0.2) is 0 Å². The summed E-state index contributed by atoms with van der Waals surface area (Å²) in [6.07, 6.45) is 2.69. The first-order valence-electron chi connectivity index (χ1n) is 6.26. The predicted octanol–water partition coefficient (Wildman–Crippen LogP) is 3.79. The molecule has 0 aliphatic carbocycles. The number of nitrogens with zero attached hydrogens (tertiary/aromatic N) is 1. The van der Waals surface area contributed by atoms with Gasteiger partial charge in [-0.05, 0) is 45.2 Å². The van der Waals surface area contributed by atoms with E-state index in [9.17, 15) is 0 Å². The number of rotatable bonds is 7. The van der Waals surface area contributed by atoms with Gasteiger partial charge in [-0.2, -0.15) is 0 Å². The van der Waals surface area contributed by atoms with Crippen molar-refractivity contribution < 1.29 is 0 Å². The summed E-state index contributed by atoms with van der Waals surface area (Å²) in [6, 6.07) is 0.699. The molecule has 0 N–H and O–H groups in total. The topological polar surface area (TPSA) is 3.24 Å². The molecule has 0 bridgehead atoms. The maximum Gasteiger partial charge on any atom is 0.00384 e. The molecule has 0 aliphatic rings. The van der Waals surface area contributed by atoms with Crippen molar-refractivity contribution in [2.45, 2.75) is 60.4 Å². The van der Waals surface area contributed by atoms with E-state index < -0.39 is 0 Å². The van der Waals surface area contributed by atoms with Crippen LogP contribution in [0.5, 0.6) is 0 Å². The van der Waals surface area contributed by atoms with E-state index in [1.807, 2.05) is 0 Å². The normalized spacial score (nSPS) is 14.4. The van der Waals surface area contributed by atoms with Crippen molar-refractivity contribution >= 4 is 0 Å². The second-order valence-corrected chi connectivity index (χ2v) is 4.92. The van der Waals surface area contributed by atoms with Crippen molar-refractivity contribution in [2.75, 3.05) is 13.1 Å².